The Kier molecular flexibility index (Phi) is 5.54. The van der Waals surface area contributed by atoms with Crippen LogP contribution in [0.25, 0.3) is 0 Å². The second-order valence-electron chi connectivity index (χ2n) is 5.08. The molecule has 0 saturated heterocycles. The second-order valence-corrected chi connectivity index (χ2v) is 5.52. The Balaban J connectivity index is 2.38. The molecule has 1 heterocycles. The molecule has 134 valence electrons. The highest BCUT2D eigenvalue weighted by molar-refractivity contribution is 6.31. The molecule has 1 amide bonds. The molecule has 1 N–H and O–H groups in total. The number of aromatic nitrogens is 2. The van der Waals surface area contributed by atoms with Gasteiger partial charge in [0.15, 0.2) is 0 Å². The van der Waals surface area contributed by atoms with Crippen LogP contribution in [0.5, 0.6) is 0 Å². The lowest BCUT2D eigenvalue weighted by Crippen LogP contribution is -2.43. The lowest BCUT2D eigenvalue weighted by atomic mass is 10.2. The number of nitrogens with one attached hydrogen (secondary N) is 1. The zero-order valence-corrected chi connectivity index (χ0v) is 14.2. The van der Waals surface area contributed by atoms with E-state index in [0.717, 1.165) is 16.8 Å². The number of nitro benzene ring substituents is 1. The number of rotatable bonds is 5. The van der Waals surface area contributed by atoms with Gasteiger partial charge in [0.1, 0.15) is 23.9 Å². The Morgan fingerprint density at radius 3 is 2.69 bits per heavy atom. The fourth-order valence-corrected chi connectivity index (χ4v) is 2.36. The molecule has 11 heteroatoms. The Labute approximate surface area is 151 Å². The minimum Gasteiger partial charge on any atom is -0.319 e. The minimum absolute atomic E-state index is 0.110. The van der Waals surface area contributed by atoms with Crippen LogP contribution in [0.15, 0.2) is 34.0 Å². The quantitative estimate of drug-likeness (QED) is 0.611. The third kappa shape index (κ3) is 3.79. The number of hydrogen-bond acceptors (Lipinski definition) is 6. The van der Waals surface area contributed by atoms with E-state index < -0.39 is 34.3 Å². The zero-order valence-electron chi connectivity index (χ0n) is 13.4. The second kappa shape index (κ2) is 7.62. The highest BCUT2D eigenvalue weighted by Crippen LogP contribution is 2.27. The summed E-state index contributed by atoms with van der Waals surface area (Å²) in [5.41, 5.74) is -2.54. The van der Waals surface area contributed by atoms with E-state index in [1.165, 1.54) is 12.1 Å². The Hall–Kier alpha value is -3.45. The molecule has 2 aromatic rings. The number of halogens is 1. The highest BCUT2D eigenvalue weighted by atomic mass is 35.5. The summed E-state index contributed by atoms with van der Waals surface area (Å²) in [5.74, 6) is -0.840. The average Bonchev–Trinajstić information content (AvgIpc) is 2.60. The molecule has 0 aliphatic heterocycles. The molecule has 2 rings (SSSR count). The summed E-state index contributed by atoms with van der Waals surface area (Å²) in [5, 5.41) is 22.4. The van der Waals surface area contributed by atoms with Crippen molar-refractivity contribution in [2.75, 3.05) is 5.32 Å². The van der Waals surface area contributed by atoms with E-state index in [0.29, 0.717) is 4.57 Å². The number of nitrogens with zero attached hydrogens (tertiary/aromatic N) is 4. The van der Waals surface area contributed by atoms with Crippen LogP contribution in [-0.4, -0.2) is 20.0 Å². The van der Waals surface area contributed by atoms with Crippen molar-refractivity contribution in [2.24, 2.45) is 0 Å². The van der Waals surface area contributed by atoms with Crippen LogP contribution in [0.4, 0.5) is 11.4 Å². The predicted molar refractivity (Wildman–Crippen MR) is 92.1 cm³/mol. The van der Waals surface area contributed by atoms with E-state index in [-0.39, 0.29) is 22.8 Å². The normalized spacial score (nSPS) is 10.2. The predicted octanol–water partition coefficient (Wildman–Crippen LogP) is 1.10. The molecular formula is C15H12ClN5O5. The van der Waals surface area contributed by atoms with Crippen LogP contribution in [-0.2, 0) is 17.9 Å². The van der Waals surface area contributed by atoms with Gasteiger partial charge < -0.3 is 5.32 Å². The number of amides is 1. The molecule has 1 aromatic carbocycles. The Morgan fingerprint density at radius 1 is 1.42 bits per heavy atom. The third-order valence-corrected chi connectivity index (χ3v) is 3.67. The van der Waals surface area contributed by atoms with E-state index in [1.807, 2.05) is 0 Å². The number of aryl methyl sites for hydroxylation is 1. The van der Waals surface area contributed by atoms with Gasteiger partial charge >= 0.3 is 5.69 Å². The van der Waals surface area contributed by atoms with Gasteiger partial charge in [-0.2, -0.15) is 5.26 Å². The first kappa shape index (κ1) is 18.9. The third-order valence-electron chi connectivity index (χ3n) is 3.43. The summed E-state index contributed by atoms with van der Waals surface area (Å²) in [6.07, 6.45) is 1.11. The van der Waals surface area contributed by atoms with Crippen molar-refractivity contribution in [3.63, 3.8) is 0 Å². The van der Waals surface area contributed by atoms with Gasteiger partial charge in [0.2, 0.25) is 5.91 Å². The van der Waals surface area contributed by atoms with Crippen LogP contribution < -0.4 is 16.6 Å². The van der Waals surface area contributed by atoms with Gasteiger partial charge in [0.25, 0.3) is 11.2 Å². The number of benzene rings is 1. The van der Waals surface area contributed by atoms with Crippen LogP contribution in [0.3, 0.4) is 0 Å². The number of anilines is 1. The van der Waals surface area contributed by atoms with Crippen molar-refractivity contribution in [3.8, 4) is 6.07 Å². The van der Waals surface area contributed by atoms with Gasteiger partial charge in [-0.25, -0.2) is 9.36 Å². The van der Waals surface area contributed by atoms with Crippen molar-refractivity contribution >= 4 is 28.9 Å². The van der Waals surface area contributed by atoms with Crippen molar-refractivity contribution in [3.05, 3.63) is 65.9 Å². The van der Waals surface area contributed by atoms with Crippen LogP contribution in [0, 0.1) is 21.4 Å². The van der Waals surface area contributed by atoms with E-state index in [9.17, 15) is 24.5 Å². The molecule has 0 aliphatic rings. The molecule has 0 radical (unpaired) electrons. The summed E-state index contributed by atoms with van der Waals surface area (Å²) >= 11 is 5.70. The summed E-state index contributed by atoms with van der Waals surface area (Å²) in [4.78, 5) is 46.8. The van der Waals surface area contributed by atoms with Gasteiger partial charge in [-0.1, -0.05) is 11.6 Å². The van der Waals surface area contributed by atoms with Crippen molar-refractivity contribution < 1.29 is 9.72 Å². The smallest absolute Gasteiger partial charge is 0.319 e. The van der Waals surface area contributed by atoms with E-state index in [4.69, 9.17) is 16.9 Å². The lowest BCUT2D eigenvalue weighted by molar-refractivity contribution is -0.383. The van der Waals surface area contributed by atoms with Gasteiger partial charge in [-0.3, -0.25) is 24.3 Å². The van der Waals surface area contributed by atoms with Gasteiger partial charge in [-0.15, -0.1) is 0 Å². The molecule has 26 heavy (non-hydrogen) atoms. The zero-order chi connectivity index (χ0) is 19.4. The van der Waals surface area contributed by atoms with Crippen LogP contribution in [0.1, 0.15) is 12.5 Å². The maximum atomic E-state index is 12.2. The van der Waals surface area contributed by atoms with E-state index in [1.54, 1.807) is 13.0 Å². The molecule has 0 aliphatic carbocycles. The van der Waals surface area contributed by atoms with E-state index in [2.05, 4.69) is 5.32 Å². The molecule has 0 bridgehead atoms. The average molecular weight is 378 g/mol. The van der Waals surface area contributed by atoms with Gasteiger partial charge in [0.05, 0.1) is 4.92 Å². The monoisotopic (exact) mass is 377 g/mol. The Morgan fingerprint density at radius 2 is 2.12 bits per heavy atom. The maximum absolute atomic E-state index is 12.2. The fourth-order valence-electron chi connectivity index (χ4n) is 2.19. The highest BCUT2D eigenvalue weighted by Gasteiger charge is 2.18. The largest absolute Gasteiger partial charge is 0.331 e. The standard InChI is InChI=1S/C15H12ClN5O5/c1-2-19-7-9(6-17)14(23)20(15(19)24)8-13(22)18-11-4-3-10(16)5-12(11)21(25)26/h3-5,7H,2,8H2,1H3,(H,18,22). The molecule has 10 nitrogen and oxygen atoms in total. The summed E-state index contributed by atoms with van der Waals surface area (Å²) < 4.78 is 1.71. The van der Waals surface area contributed by atoms with Crippen molar-refractivity contribution in [2.45, 2.75) is 20.0 Å². The first-order valence-corrected chi connectivity index (χ1v) is 7.64. The first-order valence-electron chi connectivity index (χ1n) is 7.26. The molecule has 0 fully saturated rings. The topological polar surface area (TPSA) is 140 Å². The molecular weight excluding hydrogens is 366 g/mol. The molecule has 0 spiro atoms. The Bertz CT molecular complexity index is 1050. The molecule has 0 unspecified atom stereocenters. The molecule has 0 atom stereocenters. The van der Waals surface area contributed by atoms with Gasteiger partial charge in [-0.05, 0) is 19.1 Å². The maximum Gasteiger partial charge on any atom is 0.331 e. The SMILES string of the molecule is CCn1cc(C#N)c(=O)n(CC(=O)Nc2ccc(Cl)cc2[N+](=O)[O-])c1=O. The number of hydrogen-bond donors (Lipinski definition) is 1. The van der Waals surface area contributed by atoms with E-state index >= 15 is 0 Å². The summed E-state index contributed by atoms with van der Waals surface area (Å²) in [7, 11) is 0. The molecule has 1 aromatic heterocycles. The number of carbonyl (C=O) groups excluding carboxylic acids is 1. The van der Waals surface area contributed by atoms with Crippen LogP contribution >= 0.6 is 11.6 Å². The fraction of sp³-hybridized carbons (Fsp3) is 0.200. The lowest BCUT2D eigenvalue weighted by Gasteiger charge is -2.10. The summed E-state index contributed by atoms with van der Waals surface area (Å²) in [6, 6.07) is 5.30. The van der Waals surface area contributed by atoms with Gasteiger partial charge in [0, 0.05) is 23.8 Å². The number of nitriles is 1. The minimum atomic E-state index is -0.914. The molecule has 0 saturated carbocycles. The van der Waals surface area contributed by atoms with Crippen molar-refractivity contribution in [1.82, 2.24) is 9.13 Å². The summed E-state index contributed by atoms with van der Waals surface area (Å²) in [6.45, 7) is 1.12. The van der Waals surface area contributed by atoms with Crippen LogP contribution in [0.2, 0.25) is 5.02 Å². The van der Waals surface area contributed by atoms with Crippen molar-refractivity contribution in [1.29, 1.82) is 5.26 Å². The number of nitro groups is 1. The number of carbonyl (C=O) groups is 1. The first-order chi connectivity index (χ1) is 12.3.